The number of nitrogens with zero attached hydrogens (tertiary/aromatic N) is 2. The molecule has 1 unspecified atom stereocenters. The molecule has 1 fully saturated rings. The minimum Gasteiger partial charge on any atom is -0.304 e. The quantitative estimate of drug-likeness (QED) is 0.739. The fourth-order valence-corrected chi connectivity index (χ4v) is 3.41. The van der Waals surface area contributed by atoms with Crippen LogP contribution < -0.4 is 0 Å². The van der Waals surface area contributed by atoms with Crippen molar-refractivity contribution in [2.45, 2.75) is 32.4 Å². The topological polar surface area (TPSA) is 6.48 Å². The smallest absolute Gasteiger partial charge is 0.0332 e. The molecule has 0 amide bonds. The molecule has 0 saturated carbocycles. The molecule has 2 rings (SSSR count). The highest BCUT2D eigenvalue weighted by Crippen LogP contribution is 2.20. The molecule has 1 aliphatic heterocycles. The second kappa shape index (κ2) is 8.06. The molecule has 112 valence electrons. The van der Waals surface area contributed by atoms with Gasteiger partial charge in [-0.15, -0.1) is 0 Å². The lowest BCUT2D eigenvalue weighted by atomic mass is 9.98. The monoisotopic (exact) mass is 292 g/mol. The highest BCUT2D eigenvalue weighted by atomic mass is 32.2. The van der Waals surface area contributed by atoms with E-state index in [0.717, 1.165) is 11.7 Å². The van der Waals surface area contributed by atoms with Crippen LogP contribution in [0.4, 0.5) is 0 Å². The number of rotatable bonds is 6. The third kappa shape index (κ3) is 5.12. The van der Waals surface area contributed by atoms with Crippen LogP contribution in [0.25, 0.3) is 0 Å². The van der Waals surface area contributed by atoms with E-state index in [2.05, 4.69) is 54.4 Å². The summed E-state index contributed by atoms with van der Waals surface area (Å²) in [6.07, 6.45) is 2.48. The van der Waals surface area contributed by atoms with Gasteiger partial charge >= 0.3 is 0 Å². The summed E-state index contributed by atoms with van der Waals surface area (Å²) in [6, 6.07) is 9.16. The first kappa shape index (κ1) is 15.9. The van der Waals surface area contributed by atoms with Crippen molar-refractivity contribution in [1.29, 1.82) is 0 Å². The lowest BCUT2D eigenvalue weighted by Crippen LogP contribution is -2.41. The van der Waals surface area contributed by atoms with E-state index in [1.165, 1.54) is 50.1 Å². The molecule has 0 radical (unpaired) electrons. The van der Waals surface area contributed by atoms with E-state index in [1.54, 1.807) is 0 Å². The first-order chi connectivity index (χ1) is 9.67. The third-order valence-electron chi connectivity index (χ3n) is 4.15. The fourth-order valence-electron chi connectivity index (χ4n) is 2.48. The van der Waals surface area contributed by atoms with Crippen molar-refractivity contribution in [3.05, 3.63) is 35.4 Å². The average Bonchev–Trinajstić information content (AvgIpc) is 2.47. The van der Waals surface area contributed by atoms with Gasteiger partial charge in [0.2, 0.25) is 0 Å². The first-order valence-corrected chi connectivity index (χ1v) is 8.76. The molecule has 1 aromatic carbocycles. The molecule has 3 heteroatoms. The van der Waals surface area contributed by atoms with Crippen LogP contribution >= 0.6 is 11.9 Å². The molecule has 1 aliphatic rings. The Balaban J connectivity index is 1.82. The van der Waals surface area contributed by atoms with Crippen LogP contribution in [0.2, 0.25) is 0 Å². The van der Waals surface area contributed by atoms with Crippen molar-refractivity contribution in [3.63, 3.8) is 0 Å². The van der Waals surface area contributed by atoms with Gasteiger partial charge in [0.05, 0.1) is 0 Å². The van der Waals surface area contributed by atoms with Crippen molar-refractivity contribution in [2.24, 2.45) is 5.92 Å². The summed E-state index contributed by atoms with van der Waals surface area (Å²) in [6.45, 7) is 9.38. The third-order valence-corrected chi connectivity index (χ3v) is 5.34. The number of hydrogen-bond donors (Lipinski definition) is 0. The number of benzene rings is 1. The summed E-state index contributed by atoms with van der Waals surface area (Å²) in [7, 11) is 2.21. The summed E-state index contributed by atoms with van der Waals surface area (Å²) in [5.74, 6) is 1.90. The molecule has 0 aromatic heterocycles. The molecule has 0 bridgehead atoms. The molecule has 1 atom stereocenters. The van der Waals surface area contributed by atoms with Gasteiger partial charge in [-0.3, -0.25) is 0 Å². The van der Waals surface area contributed by atoms with Crippen LogP contribution in [0, 0.1) is 5.92 Å². The van der Waals surface area contributed by atoms with Gasteiger partial charge in [0.1, 0.15) is 0 Å². The zero-order chi connectivity index (χ0) is 14.4. The van der Waals surface area contributed by atoms with Crippen molar-refractivity contribution >= 4 is 11.9 Å². The molecule has 0 aliphatic carbocycles. The molecule has 0 N–H and O–H groups in total. The van der Waals surface area contributed by atoms with Gasteiger partial charge in [-0.05, 0) is 30.5 Å². The van der Waals surface area contributed by atoms with Crippen LogP contribution in [0.15, 0.2) is 24.3 Å². The molecular formula is C17H28N2S. The van der Waals surface area contributed by atoms with Crippen molar-refractivity contribution < 1.29 is 0 Å². The molecule has 0 spiro atoms. The Morgan fingerprint density at radius 1 is 1.15 bits per heavy atom. The Morgan fingerprint density at radius 3 is 2.55 bits per heavy atom. The molecule has 20 heavy (non-hydrogen) atoms. The van der Waals surface area contributed by atoms with Crippen LogP contribution in [0.3, 0.4) is 0 Å². The van der Waals surface area contributed by atoms with E-state index in [0.29, 0.717) is 0 Å². The van der Waals surface area contributed by atoms with E-state index in [1.807, 2.05) is 11.9 Å². The predicted octanol–water partition coefficient (Wildman–Crippen LogP) is 3.67. The van der Waals surface area contributed by atoms with E-state index in [-0.39, 0.29) is 0 Å². The second-order valence-electron chi connectivity index (χ2n) is 6.04. The van der Waals surface area contributed by atoms with E-state index in [4.69, 9.17) is 0 Å². The fraction of sp³-hybridized carbons (Fsp3) is 0.647. The average molecular weight is 292 g/mol. The molecular weight excluding hydrogens is 264 g/mol. The SMILES string of the molecule is CCC(C)Cc1cccc(CSN2CCN(C)CC2)c1. The van der Waals surface area contributed by atoms with Crippen molar-refractivity contribution in [3.8, 4) is 0 Å². The molecule has 2 nitrogen and oxygen atoms in total. The maximum Gasteiger partial charge on any atom is 0.0332 e. The van der Waals surface area contributed by atoms with Gasteiger partial charge in [0, 0.05) is 31.9 Å². The summed E-state index contributed by atoms with van der Waals surface area (Å²) < 4.78 is 2.52. The Kier molecular flexibility index (Phi) is 6.40. The molecule has 1 saturated heterocycles. The summed E-state index contributed by atoms with van der Waals surface area (Å²) in [5, 5.41) is 0. The minimum atomic E-state index is 0.788. The summed E-state index contributed by atoms with van der Waals surface area (Å²) >= 11 is 1.99. The minimum absolute atomic E-state index is 0.788. The lowest BCUT2D eigenvalue weighted by Gasteiger charge is -2.31. The lowest BCUT2D eigenvalue weighted by molar-refractivity contribution is 0.233. The molecule has 1 heterocycles. The summed E-state index contributed by atoms with van der Waals surface area (Å²) in [5.41, 5.74) is 2.96. The summed E-state index contributed by atoms with van der Waals surface area (Å²) in [4.78, 5) is 2.41. The van der Waals surface area contributed by atoms with Crippen LogP contribution in [-0.4, -0.2) is 42.4 Å². The van der Waals surface area contributed by atoms with Crippen molar-refractivity contribution in [1.82, 2.24) is 9.21 Å². The van der Waals surface area contributed by atoms with Crippen LogP contribution in [0.1, 0.15) is 31.4 Å². The maximum atomic E-state index is 2.52. The maximum absolute atomic E-state index is 2.52. The number of likely N-dealkylation sites (N-methyl/N-ethyl adjacent to an activating group) is 1. The zero-order valence-corrected chi connectivity index (χ0v) is 14.0. The van der Waals surface area contributed by atoms with E-state index in [9.17, 15) is 0 Å². The van der Waals surface area contributed by atoms with Crippen molar-refractivity contribution in [2.75, 3.05) is 33.2 Å². The zero-order valence-electron chi connectivity index (χ0n) is 13.1. The number of hydrogen-bond acceptors (Lipinski definition) is 3. The van der Waals surface area contributed by atoms with E-state index >= 15 is 0 Å². The van der Waals surface area contributed by atoms with Gasteiger partial charge in [-0.2, -0.15) is 0 Å². The van der Waals surface area contributed by atoms with Gasteiger partial charge in [0.15, 0.2) is 0 Å². The van der Waals surface area contributed by atoms with Gasteiger partial charge in [0.25, 0.3) is 0 Å². The highest BCUT2D eigenvalue weighted by Gasteiger charge is 2.14. The Labute approximate surface area is 128 Å². The van der Waals surface area contributed by atoms with Gasteiger partial charge < -0.3 is 4.90 Å². The van der Waals surface area contributed by atoms with Gasteiger partial charge in [-0.1, -0.05) is 56.5 Å². The largest absolute Gasteiger partial charge is 0.304 e. The Morgan fingerprint density at radius 2 is 1.85 bits per heavy atom. The highest BCUT2D eigenvalue weighted by molar-refractivity contribution is 7.96. The Bertz CT molecular complexity index is 400. The second-order valence-corrected chi connectivity index (χ2v) is 7.11. The normalized spacial score (nSPS) is 19.1. The first-order valence-electron chi connectivity index (χ1n) is 7.81. The van der Waals surface area contributed by atoms with Gasteiger partial charge in [-0.25, -0.2) is 4.31 Å². The molecule has 1 aromatic rings. The van der Waals surface area contributed by atoms with Crippen LogP contribution in [-0.2, 0) is 12.2 Å². The Hall–Kier alpha value is -0.510. The standard InChI is InChI=1S/C17H28N2S/c1-4-15(2)12-16-6-5-7-17(13-16)14-20-19-10-8-18(3)9-11-19/h5-7,13,15H,4,8-12,14H2,1-3H3. The number of piperazine rings is 1. The predicted molar refractivity (Wildman–Crippen MR) is 90.0 cm³/mol. The van der Waals surface area contributed by atoms with Crippen LogP contribution in [0.5, 0.6) is 0 Å². The van der Waals surface area contributed by atoms with E-state index < -0.39 is 0 Å².